The summed E-state index contributed by atoms with van der Waals surface area (Å²) >= 11 is 1.62. The number of amides is 1. The van der Waals surface area contributed by atoms with E-state index in [1.54, 1.807) is 11.3 Å². The fourth-order valence-corrected chi connectivity index (χ4v) is 3.44. The van der Waals surface area contributed by atoms with E-state index >= 15 is 0 Å². The van der Waals surface area contributed by atoms with E-state index in [0.717, 1.165) is 17.1 Å². The Morgan fingerprint density at radius 2 is 2.20 bits per heavy atom. The monoisotopic (exact) mass is 361 g/mol. The highest BCUT2D eigenvalue weighted by Crippen LogP contribution is 2.35. The molecule has 2 aromatic rings. The zero-order chi connectivity index (χ0) is 17.1. The minimum absolute atomic E-state index is 0.00993. The Balaban J connectivity index is 1.23. The molecule has 2 unspecified atom stereocenters. The Morgan fingerprint density at radius 3 is 3.08 bits per heavy atom. The molecule has 0 radical (unpaired) electrons. The summed E-state index contributed by atoms with van der Waals surface area (Å²) in [5.74, 6) is 2.14. The van der Waals surface area contributed by atoms with Crippen LogP contribution >= 0.6 is 11.3 Å². The molecule has 0 aliphatic carbocycles. The van der Waals surface area contributed by atoms with Crippen molar-refractivity contribution >= 4 is 17.2 Å². The molecule has 8 heteroatoms. The van der Waals surface area contributed by atoms with Gasteiger partial charge in [-0.1, -0.05) is 0 Å². The van der Waals surface area contributed by atoms with Crippen LogP contribution in [0.5, 0.6) is 17.2 Å². The van der Waals surface area contributed by atoms with Crippen LogP contribution in [-0.4, -0.2) is 31.4 Å². The zero-order valence-corrected chi connectivity index (χ0v) is 14.3. The van der Waals surface area contributed by atoms with Gasteiger partial charge in [-0.25, -0.2) is 5.43 Å². The number of carbonyl (C=O) groups is 1. The maximum atomic E-state index is 12.2. The minimum Gasteiger partial charge on any atom is -0.492 e. The Hall–Kier alpha value is -2.29. The van der Waals surface area contributed by atoms with E-state index in [1.165, 1.54) is 0 Å². The standard InChI is InChI=1S/C17H19N3O4S/c21-17(18-7-11-3-4-25-9-11)14-5-12(19-20-14)8-22-13-1-2-15-16(6-13)24-10-23-15/h1-4,6,9,12,14,19-20H,5,7-8,10H2,(H,18,21). The van der Waals surface area contributed by atoms with Gasteiger partial charge in [0, 0.05) is 12.6 Å². The topological polar surface area (TPSA) is 80.9 Å². The van der Waals surface area contributed by atoms with Crippen LogP contribution in [-0.2, 0) is 11.3 Å². The summed E-state index contributed by atoms with van der Waals surface area (Å²) in [4.78, 5) is 12.2. The fourth-order valence-electron chi connectivity index (χ4n) is 2.77. The van der Waals surface area contributed by atoms with Crippen LogP contribution < -0.4 is 30.4 Å². The third-order valence-electron chi connectivity index (χ3n) is 4.14. The Labute approximate surface area is 149 Å². The molecular weight excluding hydrogens is 342 g/mol. The zero-order valence-electron chi connectivity index (χ0n) is 13.5. The Kier molecular flexibility index (Phi) is 4.73. The highest BCUT2D eigenvalue weighted by atomic mass is 32.1. The molecule has 3 heterocycles. The van der Waals surface area contributed by atoms with Crippen LogP contribution in [0.15, 0.2) is 35.0 Å². The second-order valence-corrected chi connectivity index (χ2v) is 6.73. The van der Waals surface area contributed by atoms with Crippen LogP contribution in [0, 0.1) is 0 Å². The minimum atomic E-state index is -0.260. The van der Waals surface area contributed by atoms with Gasteiger partial charge in [0.05, 0.1) is 6.04 Å². The van der Waals surface area contributed by atoms with Gasteiger partial charge in [-0.15, -0.1) is 0 Å². The quantitative estimate of drug-likeness (QED) is 0.722. The van der Waals surface area contributed by atoms with Gasteiger partial charge in [0.1, 0.15) is 18.4 Å². The highest BCUT2D eigenvalue weighted by Gasteiger charge is 2.29. The van der Waals surface area contributed by atoms with Crippen molar-refractivity contribution in [2.24, 2.45) is 0 Å². The molecule has 2 aliphatic heterocycles. The molecule has 2 atom stereocenters. The number of carbonyl (C=O) groups excluding carboxylic acids is 1. The summed E-state index contributed by atoms with van der Waals surface area (Å²) in [6.45, 7) is 1.26. The molecule has 0 bridgehead atoms. The normalized spacial score (nSPS) is 21.3. The SMILES string of the molecule is O=C(NCc1ccsc1)C1CC(COc2ccc3c(c2)OCO3)NN1. The second kappa shape index (κ2) is 7.30. The molecule has 4 rings (SSSR count). The van der Waals surface area contributed by atoms with E-state index in [-0.39, 0.29) is 24.8 Å². The maximum absolute atomic E-state index is 12.2. The summed E-state index contributed by atoms with van der Waals surface area (Å²) in [5, 5.41) is 6.97. The van der Waals surface area contributed by atoms with Gasteiger partial charge in [0.15, 0.2) is 11.5 Å². The smallest absolute Gasteiger partial charge is 0.238 e. The number of hydrogen-bond donors (Lipinski definition) is 3. The van der Waals surface area contributed by atoms with E-state index in [9.17, 15) is 4.79 Å². The molecule has 1 amide bonds. The third kappa shape index (κ3) is 3.87. The van der Waals surface area contributed by atoms with Crippen molar-refractivity contribution in [1.82, 2.24) is 16.2 Å². The van der Waals surface area contributed by atoms with Crippen molar-refractivity contribution < 1.29 is 19.0 Å². The van der Waals surface area contributed by atoms with Crippen molar-refractivity contribution in [3.05, 3.63) is 40.6 Å². The molecule has 2 aliphatic rings. The van der Waals surface area contributed by atoms with Gasteiger partial charge >= 0.3 is 0 Å². The van der Waals surface area contributed by atoms with Gasteiger partial charge in [0.2, 0.25) is 12.7 Å². The van der Waals surface area contributed by atoms with Crippen molar-refractivity contribution in [3.63, 3.8) is 0 Å². The second-order valence-electron chi connectivity index (χ2n) is 5.95. The van der Waals surface area contributed by atoms with E-state index in [4.69, 9.17) is 14.2 Å². The van der Waals surface area contributed by atoms with Crippen molar-refractivity contribution in [2.75, 3.05) is 13.4 Å². The number of fused-ring (bicyclic) bond motifs is 1. The fraction of sp³-hybridized carbons (Fsp3) is 0.353. The van der Waals surface area contributed by atoms with Crippen molar-refractivity contribution in [1.29, 1.82) is 0 Å². The van der Waals surface area contributed by atoms with Crippen molar-refractivity contribution in [2.45, 2.75) is 25.0 Å². The van der Waals surface area contributed by atoms with Crippen molar-refractivity contribution in [3.8, 4) is 17.2 Å². The number of hydrogen-bond acceptors (Lipinski definition) is 7. The number of hydrazine groups is 1. The molecule has 7 nitrogen and oxygen atoms in total. The van der Waals surface area contributed by atoms with Gasteiger partial charge in [-0.2, -0.15) is 11.3 Å². The Bertz CT molecular complexity index is 737. The lowest BCUT2D eigenvalue weighted by atomic mass is 10.1. The first-order valence-electron chi connectivity index (χ1n) is 8.10. The molecule has 0 spiro atoms. The molecular formula is C17H19N3O4S. The maximum Gasteiger partial charge on any atom is 0.238 e. The molecule has 132 valence electrons. The average molecular weight is 361 g/mol. The van der Waals surface area contributed by atoms with Crippen LogP contribution in [0.1, 0.15) is 12.0 Å². The molecule has 25 heavy (non-hydrogen) atoms. The lowest BCUT2D eigenvalue weighted by Crippen LogP contribution is -2.43. The number of rotatable bonds is 6. The highest BCUT2D eigenvalue weighted by molar-refractivity contribution is 7.07. The first-order valence-corrected chi connectivity index (χ1v) is 9.04. The summed E-state index contributed by atoms with van der Waals surface area (Å²) in [6.07, 6.45) is 0.667. The Morgan fingerprint density at radius 1 is 1.28 bits per heavy atom. The lowest BCUT2D eigenvalue weighted by molar-refractivity contribution is -0.123. The first kappa shape index (κ1) is 16.2. The summed E-state index contributed by atoms with van der Waals surface area (Å²) in [7, 11) is 0. The van der Waals surface area contributed by atoms with Gasteiger partial charge in [-0.3, -0.25) is 10.2 Å². The summed E-state index contributed by atoms with van der Waals surface area (Å²) in [5.41, 5.74) is 7.26. The average Bonchev–Trinajstić information content (AvgIpc) is 3.39. The molecule has 3 N–H and O–H groups in total. The molecule has 0 saturated carbocycles. The number of ether oxygens (including phenoxy) is 3. The predicted molar refractivity (Wildman–Crippen MR) is 92.7 cm³/mol. The van der Waals surface area contributed by atoms with E-state index in [2.05, 4.69) is 16.2 Å². The van der Waals surface area contributed by atoms with Crippen LogP contribution in [0.25, 0.3) is 0 Å². The summed E-state index contributed by atoms with van der Waals surface area (Å²) < 4.78 is 16.4. The van der Waals surface area contributed by atoms with Gasteiger partial charge in [0.25, 0.3) is 0 Å². The van der Waals surface area contributed by atoms with E-state index in [0.29, 0.717) is 25.3 Å². The van der Waals surface area contributed by atoms with Crippen LogP contribution in [0.2, 0.25) is 0 Å². The van der Waals surface area contributed by atoms with Gasteiger partial charge in [-0.05, 0) is 40.9 Å². The first-order chi connectivity index (χ1) is 12.3. The van der Waals surface area contributed by atoms with E-state index < -0.39 is 0 Å². The lowest BCUT2D eigenvalue weighted by Gasteiger charge is -2.12. The van der Waals surface area contributed by atoms with Crippen LogP contribution in [0.3, 0.4) is 0 Å². The third-order valence-corrected chi connectivity index (χ3v) is 4.87. The van der Waals surface area contributed by atoms with E-state index in [1.807, 2.05) is 35.0 Å². The van der Waals surface area contributed by atoms with Crippen LogP contribution in [0.4, 0.5) is 0 Å². The molecule has 1 aromatic heterocycles. The number of thiophene rings is 1. The predicted octanol–water partition coefficient (Wildman–Crippen LogP) is 1.41. The number of nitrogens with one attached hydrogen (secondary N) is 3. The summed E-state index contributed by atoms with van der Waals surface area (Å²) in [6, 6.07) is 7.30. The largest absolute Gasteiger partial charge is 0.492 e. The molecule has 1 aromatic carbocycles. The van der Waals surface area contributed by atoms with Gasteiger partial charge < -0.3 is 19.5 Å². The molecule has 1 fully saturated rings. The number of benzene rings is 1. The molecule has 1 saturated heterocycles.